The average Bonchev–Trinajstić information content (AvgIpc) is 2.00. The van der Waals surface area contributed by atoms with Gasteiger partial charge in [-0.15, -0.1) is 0 Å². The van der Waals surface area contributed by atoms with Gasteiger partial charge in [-0.25, -0.2) is 0 Å². The molecule has 13 heavy (non-hydrogen) atoms. The van der Waals surface area contributed by atoms with Crippen molar-refractivity contribution in [1.82, 2.24) is 4.90 Å². The highest BCUT2D eigenvalue weighted by Crippen LogP contribution is 2.42. The van der Waals surface area contributed by atoms with E-state index in [0.717, 1.165) is 6.42 Å². The quantitative estimate of drug-likeness (QED) is 0.659. The summed E-state index contributed by atoms with van der Waals surface area (Å²) in [6.45, 7) is 2.40. The van der Waals surface area contributed by atoms with Crippen LogP contribution in [-0.4, -0.2) is 35.5 Å². The smallest absolute Gasteiger partial charge is 0.319 e. The minimum atomic E-state index is -1.09. The summed E-state index contributed by atoms with van der Waals surface area (Å²) in [6.07, 6.45) is 1.83. The zero-order valence-corrected chi connectivity index (χ0v) is 8.04. The highest BCUT2D eigenvalue weighted by atomic mass is 16.4. The molecule has 4 nitrogen and oxygen atoms in total. The van der Waals surface area contributed by atoms with Gasteiger partial charge in [-0.3, -0.25) is 9.59 Å². The number of carbonyl (C=O) groups excluding carboxylic acids is 1. The lowest BCUT2D eigenvalue weighted by Crippen LogP contribution is -2.51. The van der Waals surface area contributed by atoms with Crippen molar-refractivity contribution in [2.45, 2.75) is 26.2 Å². The van der Waals surface area contributed by atoms with E-state index in [1.807, 2.05) is 6.92 Å². The molecule has 1 aliphatic rings. The Balaban J connectivity index is 2.77. The summed E-state index contributed by atoms with van der Waals surface area (Å²) in [5.41, 5.74) is -1.09. The van der Waals surface area contributed by atoms with Crippen molar-refractivity contribution in [3.8, 4) is 0 Å². The van der Waals surface area contributed by atoms with Gasteiger partial charge in [0, 0.05) is 13.6 Å². The van der Waals surface area contributed by atoms with Crippen molar-refractivity contribution in [3.63, 3.8) is 0 Å². The molecule has 0 spiro atoms. The third-order valence-corrected chi connectivity index (χ3v) is 2.85. The summed E-state index contributed by atoms with van der Waals surface area (Å²) in [6, 6.07) is 0. The Bertz CT molecular complexity index is 233. The van der Waals surface area contributed by atoms with E-state index in [2.05, 4.69) is 0 Å². The fourth-order valence-electron chi connectivity index (χ4n) is 1.56. The fourth-order valence-corrected chi connectivity index (χ4v) is 1.56. The number of carbonyl (C=O) groups is 2. The van der Waals surface area contributed by atoms with Crippen LogP contribution >= 0.6 is 0 Å². The molecule has 1 aliphatic carbocycles. The molecule has 1 rings (SSSR count). The molecule has 1 N–H and O–H groups in total. The second kappa shape index (κ2) is 3.36. The molecular weight excluding hydrogens is 170 g/mol. The summed E-state index contributed by atoms with van der Waals surface area (Å²) in [7, 11) is 1.64. The minimum absolute atomic E-state index is 0.242. The lowest BCUT2D eigenvalue weighted by molar-refractivity contribution is -0.166. The summed E-state index contributed by atoms with van der Waals surface area (Å²) in [4.78, 5) is 24.1. The van der Waals surface area contributed by atoms with Crippen LogP contribution < -0.4 is 0 Å². The summed E-state index contributed by atoms with van der Waals surface area (Å²) in [5.74, 6) is -1.21. The van der Waals surface area contributed by atoms with Crippen molar-refractivity contribution >= 4 is 11.9 Å². The van der Waals surface area contributed by atoms with E-state index < -0.39 is 11.4 Å². The number of carboxylic acids is 1. The van der Waals surface area contributed by atoms with Gasteiger partial charge in [0.05, 0.1) is 0 Å². The van der Waals surface area contributed by atoms with Crippen LogP contribution in [-0.2, 0) is 9.59 Å². The minimum Gasteiger partial charge on any atom is -0.480 e. The Kier molecular flexibility index (Phi) is 2.59. The number of hydrogen-bond donors (Lipinski definition) is 1. The Hall–Kier alpha value is -1.06. The van der Waals surface area contributed by atoms with E-state index in [1.165, 1.54) is 4.90 Å². The van der Waals surface area contributed by atoms with Crippen molar-refractivity contribution in [2.24, 2.45) is 5.41 Å². The zero-order valence-electron chi connectivity index (χ0n) is 8.04. The highest BCUT2D eigenvalue weighted by Gasteiger charge is 2.52. The first-order valence-electron chi connectivity index (χ1n) is 4.53. The number of aliphatic carboxylic acids is 1. The lowest BCUT2D eigenvalue weighted by Gasteiger charge is -2.38. The number of hydrogen-bond acceptors (Lipinski definition) is 2. The van der Waals surface area contributed by atoms with Crippen LogP contribution in [0.5, 0.6) is 0 Å². The zero-order chi connectivity index (χ0) is 10.1. The Morgan fingerprint density at radius 1 is 1.46 bits per heavy atom. The predicted octanol–water partition coefficient (Wildman–Crippen LogP) is 0.720. The Morgan fingerprint density at radius 2 is 2.00 bits per heavy atom. The SMILES string of the molecule is CCN(C)C(=O)C1(C(=O)O)CCC1. The maximum Gasteiger partial charge on any atom is 0.319 e. The van der Waals surface area contributed by atoms with Gasteiger partial charge >= 0.3 is 5.97 Å². The van der Waals surface area contributed by atoms with E-state index in [-0.39, 0.29) is 5.91 Å². The summed E-state index contributed by atoms with van der Waals surface area (Å²) in [5, 5.41) is 8.95. The number of nitrogens with zero attached hydrogens (tertiary/aromatic N) is 1. The molecule has 0 aromatic heterocycles. The Morgan fingerprint density at radius 3 is 2.23 bits per heavy atom. The second-order valence-corrected chi connectivity index (χ2v) is 3.56. The third kappa shape index (κ3) is 1.41. The first-order valence-corrected chi connectivity index (χ1v) is 4.53. The van der Waals surface area contributed by atoms with Gasteiger partial charge in [-0.05, 0) is 19.8 Å². The molecular formula is C9H15NO3. The largest absolute Gasteiger partial charge is 0.480 e. The van der Waals surface area contributed by atoms with Crippen molar-refractivity contribution < 1.29 is 14.7 Å². The van der Waals surface area contributed by atoms with Gasteiger partial charge in [-0.1, -0.05) is 6.42 Å². The molecule has 0 atom stereocenters. The molecule has 0 aliphatic heterocycles. The van der Waals surface area contributed by atoms with Crippen LogP contribution in [0.4, 0.5) is 0 Å². The van der Waals surface area contributed by atoms with Gasteiger partial charge in [-0.2, -0.15) is 0 Å². The topological polar surface area (TPSA) is 57.6 Å². The number of amides is 1. The highest BCUT2D eigenvalue weighted by molar-refractivity contribution is 6.02. The van der Waals surface area contributed by atoms with Gasteiger partial charge in [0.15, 0.2) is 0 Å². The number of rotatable bonds is 3. The van der Waals surface area contributed by atoms with Gasteiger partial charge in [0.25, 0.3) is 0 Å². The van der Waals surface area contributed by atoms with E-state index >= 15 is 0 Å². The molecule has 0 aromatic carbocycles. The maximum atomic E-state index is 11.7. The molecule has 1 fully saturated rings. The molecule has 1 saturated carbocycles. The third-order valence-electron chi connectivity index (χ3n) is 2.85. The van der Waals surface area contributed by atoms with Crippen molar-refractivity contribution in [1.29, 1.82) is 0 Å². The standard InChI is InChI=1S/C9H15NO3/c1-3-10(2)7(11)9(8(12)13)5-4-6-9/h3-6H2,1-2H3,(H,12,13). The lowest BCUT2D eigenvalue weighted by atomic mass is 9.68. The van der Waals surface area contributed by atoms with Gasteiger partial charge in [0.1, 0.15) is 5.41 Å². The molecule has 4 heteroatoms. The molecule has 0 saturated heterocycles. The van der Waals surface area contributed by atoms with E-state index in [9.17, 15) is 9.59 Å². The van der Waals surface area contributed by atoms with E-state index in [1.54, 1.807) is 7.05 Å². The van der Waals surface area contributed by atoms with Crippen LogP contribution in [0.15, 0.2) is 0 Å². The van der Waals surface area contributed by atoms with E-state index in [4.69, 9.17) is 5.11 Å². The average molecular weight is 185 g/mol. The molecule has 0 radical (unpaired) electrons. The summed E-state index contributed by atoms with van der Waals surface area (Å²) < 4.78 is 0. The molecule has 74 valence electrons. The normalized spacial score (nSPS) is 18.9. The van der Waals surface area contributed by atoms with Crippen LogP contribution in [0, 0.1) is 5.41 Å². The Labute approximate surface area is 77.5 Å². The second-order valence-electron chi connectivity index (χ2n) is 3.56. The first-order chi connectivity index (χ1) is 6.04. The maximum absolute atomic E-state index is 11.7. The summed E-state index contributed by atoms with van der Waals surface area (Å²) >= 11 is 0. The molecule has 0 unspecified atom stereocenters. The molecule has 1 amide bonds. The predicted molar refractivity (Wildman–Crippen MR) is 47.2 cm³/mol. The van der Waals surface area contributed by atoms with E-state index in [0.29, 0.717) is 19.4 Å². The van der Waals surface area contributed by atoms with Crippen LogP contribution in [0.3, 0.4) is 0 Å². The monoisotopic (exact) mass is 185 g/mol. The molecule has 0 aromatic rings. The molecule has 0 bridgehead atoms. The van der Waals surface area contributed by atoms with Crippen molar-refractivity contribution in [2.75, 3.05) is 13.6 Å². The van der Waals surface area contributed by atoms with Gasteiger partial charge in [0.2, 0.25) is 5.91 Å². The van der Waals surface area contributed by atoms with Crippen LogP contribution in [0.25, 0.3) is 0 Å². The fraction of sp³-hybridized carbons (Fsp3) is 0.778. The van der Waals surface area contributed by atoms with Crippen LogP contribution in [0.2, 0.25) is 0 Å². The molecule has 0 heterocycles. The van der Waals surface area contributed by atoms with Crippen LogP contribution in [0.1, 0.15) is 26.2 Å². The first kappa shape index (κ1) is 10.0. The van der Waals surface area contributed by atoms with Crippen molar-refractivity contribution in [3.05, 3.63) is 0 Å². The number of carboxylic acid groups (broad SMARTS) is 1. The van der Waals surface area contributed by atoms with Gasteiger partial charge < -0.3 is 10.0 Å².